The number of unbranched alkanes of at least 4 members (excludes halogenated alkanes) is 1. The minimum absolute atomic E-state index is 0.154. The van der Waals surface area contributed by atoms with Crippen molar-refractivity contribution in [2.45, 2.75) is 56.5 Å². The van der Waals surface area contributed by atoms with E-state index >= 15 is 0 Å². The summed E-state index contributed by atoms with van der Waals surface area (Å²) in [6.45, 7) is 4.37. The number of hydrogen-bond acceptors (Lipinski definition) is 6. The molecule has 2 heterocycles. The number of nitrogens with zero attached hydrogens (tertiary/aromatic N) is 2. The molecule has 6 nitrogen and oxygen atoms in total. The normalized spacial score (nSPS) is 16.4. The number of amides is 4. The molecule has 2 aromatic rings. The Hall–Kier alpha value is -3.02. The van der Waals surface area contributed by atoms with Crippen LogP contribution in [0.15, 0.2) is 24.3 Å². The van der Waals surface area contributed by atoms with Gasteiger partial charge in [0.15, 0.2) is 0 Å². The van der Waals surface area contributed by atoms with E-state index in [1.807, 2.05) is 38.5 Å². The van der Waals surface area contributed by atoms with Gasteiger partial charge in [0.2, 0.25) is 0 Å². The predicted molar refractivity (Wildman–Crippen MR) is 161 cm³/mol. The maximum absolute atomic E-state index is 14.1. The molecule has 4 rings (SSSR count). The maximum atomic E-state index is 14.1. The molecule has 39 heavy (non-hydrogen) atoms. The molecule has 8 heteroatoms. The van der Waals surface area contributed by atoms with Gasteiger partial charge in [-0.05, 0) is 55.0 Å². The second-order valence-corrected chi connectivity index (χ2v) is 11.8. The topological polar surface area (TPSA) is 74.8 Å². The van der Waals surface area contributed by atoms with E-state index in [0.29, 0.717) is 70.0 Å². The van der Waals surface area contributed by atoms with Gasteiger partial charge in [0.25, 0.3) is 23.6 Å². The van der Waals surface area contributed by atoms with Crippen LogP contribution in [0.4, 0.5) is 0 Å². The zero-order valence-corrected chi connectivity index (χ0v) is 24.8. The van der Waals surface area contributed by atoms with E-state index in [0.717, 1.165) is 17.7 Å². The van der Waals surface area contributed by atoms with Gasteiger partial charge in [0.05, 0.1) is 11.1 Å². The van der Waals surface area contributed by atoms with Crippen LogP contribution < -0.4 is 0 Å². The third kappa shape index (κ3) is 4.81. The van der Waals surface area contributed by atoms with Crippen molar-refractivity contribution >= 4 is 57.9 Å². The summed E-state index contributed by atoms with van der Waals surface area (Å²) >= 11 is 3.12. The molecule has 0 N–H and O–H groups in total. The smallest absolute Gasteiger partial charge is 0.261 e. The third-order valence-corrected chi connectivity index (χ3v) is 9.46. The van der Waals surface area contributed by atoms with Crippen molar-refractivity contribution in [3.8, 4) is 12.3 Å². The standard InChI is InChI=1S/C31H34N2O4S2/c1-7-10-13-22(38-5)18-17-21-25-24-20(28(34)32(4)30(36)26(18)24)16-19(23(39-6)14-11-8-2)27(25)31(37)33(29(21)35)15-12-9-3/h1,11,14,16-17,22-23H,8-10,12-13,15H2,2-6H3. The van der Waals surface area contributed by atoms with Crippen molar-refractivity contribution in [2.75, 3.05) is 26.1 Å². The van der Waals surface area contributed by atoms with Crippen LogP contribution in [0.3, 0.4) is 0 Å². The van der Waals surface area contributed by atoms with Gasteiger partial charge in [-0.15, -0.1) is 12.3 Å². The summed E-state index contributed by atoms with van der Waals surface area (Å²) in [6, 6.07) is 3.57. The Morgan fingerprint density at radius 3 is 2.15 bits per heavy atom. The van der Waals surface area contributed by atoms with Crippen molar-refractivity contribution in [1.29, 1.82) is 0 Å². The van der Waals surface area contributed by atoms with Gasteiger partial charge < -0.3 is 0 Å². The van der Waals surface area contributed by atoms with Gasteiger partial charge in [0, 0.05) is 52.4 Å². The number of allylic oxidation sites excluding steroid dienone is 1. The van der Waals surface area contributed by atoms with Crippen LogP contribution in [-0.2, 0) is 0 Å². The number of imide groups is 2. The molecule has 2 aliphatic rings. The number of terminal acetylenes is 1. The first-order chi connectivity index (χ1) is 18.8. The monoisotopic (exact) mass is 562 g/mol. The van der Waals surface area contributed by atoms with Crippen LogP contribution in [0.2, 0.25) is 0 Å². The molecule has 0 aromatic heterocycles. The molecule has 204 valence electrons. The largest absolute Gasteiger partial charge is 0.277 e. The average molecular weight is 563 g/mol. The Morgan fingerprint density at radius 2 is 1.56 bits per heavy atom. The molecule has 0 aliphatic carbocycles. The first-order valence-corrected chi connectivity index (χ1v) is 15.9. The molecule has 0 bridgehead atoms. The highest BCUT2D eigenvalue weighted by molar-refractivity contribution is 7.99. The third-order valence-electron chi connectivity index (χ3n) is 7.48. The van der Waals surface area contributed by atoms with Crippen molar-refractivity contribution in [3.05, 3.63) is 57.7 Å². The second-order valence-electron chi connectivity index (χ2n) is 9.77. The molecule has 4 amide bonds. The number of hydrogen-bond donors (Lipinski definition) is 0. The second kappa shape index (κ2) is 12.0. The van der Waals surface area contributed by atoms with E-state index in [1.165, 1.54) is 11.9 Å². The van der Waals surface area contributed by atoms with Crippen molar-refractivity contribution in [3.63, 3.8) is 0 Å². The van der Waals surface area contributed by atoms with E-state index in [1.54, 1.807) is 35.7 Å². The lowest BCUT2D eigenvalue weighted by atomic mass is 9.80. The first kappa shape index (κ1) is 29.0. The van der Waals surface area contributed by atoms with E-state index in [9.17, 15) is 19.2 Å². The maximum Gasteiger partial charge on any atom is 0.261 e. The van der Waals surface area contributed by atoms with E-state index in [-0.39, 0.29) is 22.3 Å². The summed E-state index contributed by atoms with van der Waals surface area (Å²) in [6.07, 6.45) is 17.0. The minimum atomic E-state index is -0.430. The SMILES string of the molecule is C#CCCC(SC)c1cc2c3c(c(C(C=CCC)SC)cc4c3c1C(=O)N(C)C4=O)C(=O)N(CCCC)C2=O. The van der Waals surface area contributed by atoms with Crippen LogP contribution in [0.1, 0.15) is 109 Å². The van der Waals surface area contributed by atoms with Crippen molar-refractivity contribution in [1.82, 2.24) is 9.80 Å². The van der Waals surface area contributed by atoms with Crippen LogP contribution in [0.5, 0.6) is 0 Å². The zero-order valence-electron chi connectivity index (χ0n) is 23.1. The van der Waals surface area contributed by atoms with Gasteiger partial charge in [0.1, 0.15) is 0 Å². The summed E-state index contributed by atoms with van der Waals surface area (Å²) in [4.78, 5) is 57.8. The Bertz CT molecular complexity index is 1440. The predicted octanol–water partition coefficient (Wildman–Crippen LogP) is 6.65. The molecule has 2 aliphatic heterocycles. The Labute approximate surface area is 238 Å². The van der Waals surface area contributed by atoms with E-state index in [4.69, 9.17) is 6.42 Å². The van der Waals surface area contributed by atoms with E-state index in [2.05, 4.69) is 5.92 Å². The van der Waals surface area contributed by atoms with Gasteiger partial charge in [-0.2, -0.15) is 23.5 Å². The molecule has 0 radical (unpaired) electrons. The first-order valence-electron chi connectivity index (χ1n) is 13.3. The quantitative estimate of drug-likeness (QED) is 0.173. The zero-order chi connectivity index (χ0) is 28.4. The molecule has 0 fully saturated rings. The lowest BCUT2D eigenvalue weighted by molar-refractivity contribution is 0.0598. The highest BCUT2D eigenvalue weighted by Crippen LogP contribution is 2.47. The van der Waals surface area contributed by atoms with Crippen LogP contribution in [0.25, 0.3) is 10.8 Å². The summed E-state index contributed by atoms with van der Waals surface area (Å²) in [7, 11) is 1.48. The van der Waals surface area contributed by atoms with Gasteiger partial charge >= 0.3 is 0 Å². The lowest BCUT2D eigenvalue weighted by Gasteiger charge is -2.35. The van der Waals surface area contributed by atoms with Gasteiger partial charge in [-0.3, -0.25) is 29.0 Å². The minimum Gasteiger partial charge on any atom is -0.277 e. The van der Waals surface area contributed by atoms with Crippen molar-refractivity contribution in [2.24, 2.45) is 0 Å². The Kier molecular flexibility index (Phi) is 8.93. The summed E-state index contributed by atoms with van der Waals surface area (Å²) < 4.78 is 0. The fraction of sp³-hybridized carbons (Fsp3) is 0.419. The Morgan fingerprint density at radius 1 is 0.923 bits per heavy atom. The average Bonchev–Trinajstić information content (AvgIpc) is 2.94. The van der Waals surface area contributed by atoms with Crippen LogP contribution >= 0.6 is 23.5 Å². The summed E-state index contributed by atoms with van der Waals surface area (Å²) in [5.74, 6) is 1.08. The van der Waals surface area contributed by atoms with E-state index < -0.39 is 11.8 Å². The molecular formula is C31H34N2O4S2. The summed E-state index contributed by atoms with van der Waals surface area (Å²) in [5, 5.41) is 0.496. The number of rotatable bonds is 11. The highest BCUT2D eigenvalue weighted by atomic mass is 32.2. The molecule has 2 atom stereocenters. The molecule has 2 aromatic carbocycles. The number of carbonyl (C=O) groups excluding carboxylic acids is 4. The number of benzene rings is 2. The van der Waals surface area contributed by atoms with Gasteiger partial charge in [-0.25, -0.2) is 0 Å². The number of carbonyl (C=O) groups is 4. The molecule has 0 saturated heterocycles. The summed E-state index contributed by atoms with van der Waals surface area (Å²) in [5.41, 5.74) is 2.92. The molecule has 0 saturated carbocycles. The number of thioether (sulfide) groups is 2. The molecule has 2 unspecified atom stereocenters. The van der Waals surface area contributed by atoms with Crippen LogP contribution in [-0.4, -0.2) is 59.5 Å². The van der Waals surface area contributed by atoms with Crippen LogP contribution in [0, 0.1) is 12.3 Å². The van der Waals surface area contributed by atoms with Crippen molar-refractivity contribution < 1.29 is 19.2 Å². The fourth-order valence-corrected chi connectivity index (χ4v) is 6.97. The fourth-order valence-electron chi connectivity index (χ4n) is 5.47. The highest BCUT2D eigenvalue weighted by Gasteiger charge is 2.43. The van der Waals surface area contributed by atoms with Gasteiger partial charge in [-0.1, -0.05) is 32.4 Å². The molecule has 0 spiro atoms. The molecular weight excluding hydrogens is 528 g/mol. The Balaban J connectivity index is 2.19. The lowest BCUT2D eigenvalue weighted by Crippen LogP contribution is -2.43.